The molecule has 0 spiro atoms. The summed E-state index contributed by atoms with van der Waals surface area (Å²) >= 11 is 7.74. The van der Waals surface area contributed by atoms with E-state index in [2.05, 4.69) is 0 Å². The second kappa shape index (κ2) is 9.09. The van der Waals surface area contributed by atoms with E-state index < -0.39 is 0 Å². The number of rotatable bonds is 7. The minimum atomic E-state index is -0.00171. The van der Waals surface area contributed by atoms with Gasteiger partial charge in [0.15, 0.2) is 5.78 Å². The zero-order chi connectivity index (χ0) is 20.1. The van der Waals surface area contributed by atoms with Gasteiger partial charge in [0.1, 0.15) is 18.1 Å². The number of ketones is 1. The number of aryl methyl sites for hydroxylation is 2. The van der Waals surface area contributed by atoms with Crippen molar-refractivity contribution < 1.29 is 14.3 Å². The molecule has 144 valence electrons. The highest BCUT2D eigenvalue weighted by atomic mass is 35.5. The molecule has 2 aromatic carbocycles. The lowest BCUT2D eigenvalue weighted by atomic mass is 10.1. The van der Waals surface area contributed by atoms with Gasteiger partial charge in [-0.3, -0.25) is 4.79 Å². The minimum absolute atomic E-state index is 0.00171. The lowest BCUT2D eigenvalue weighted by Crippen LogP contribution is -2.00. The Kier molecular flexibility index (Phi) is 6.55. The summed E-state index contributed by atoms with van der Waals surface area (Å²) in [5.41, 5.74) is 2.85. The Morgan fingerprint density at radius 1 is 1.07 bits per heavy atom. The zero-order valence-electron chi connectivity index (χ0n) is 16.0. The maximum absolute atomic E-state index is 12.3. The van der Waals surface area contributed by atoms with Crippen LogP contribution < -0.4 is 9.47 Å². The molecular formula is C23H21ClO3S. The number of carbonyl (C=O) groups is 1. The predicted molar refractivity (Wildman–Crippen MR) is 116 cm³/mol. The van der Waals surface area contributed by atoms with Crippen molar-refractivity contribution in [2.75, 3.05) is 7.11 Å². The summed E-state index contributed by atoms with van der Waals surface area (Å²) in [6.07, 6.45) is 3.40. The third-order valence-corrected chi connectivity index (χ3v) is 5.50. The van der Waals surface area contributed by atoms with E-state index in [9.17, 15) is 4.79 Å². The van der Waals surface area contributed by atoms with E-state index in [-0.39, 0.29) is 5.78 Å². The number of halogens is 1. The zero-order valence-corrected chi connectivity index (χ0v) is 17.6. The van der Waals surface area contributed by atoms with E-state index in [1.54, 1.807) is 19.3 Å². The summed E-state index contributed by atoms with van der Waals surface area (Å²) in [5, 5.41) is 0.576. The minimum Gasteiger partial charge on any atom is -0.496 e. The Bertz CT molecular complexity index is 1020. The third-order valence-electron chi connectivity index (χ3n) is 4.19. The van der Waals surface area contributed by atoms with Crippen LogP contribution in [0.1, 0.15) is 31.2 Å². The van der Waals surface area contributed by atoms with Crippen molar-refractivity contribution in [3.05, 3.63) is 86.1 Å². The van der Waals surface area contributed by atoms with Gasteiger partial charge < -0.3 is 9.47 Å². The number of carbonyl (C=O) groups excluding carboxylic acids is 1. The molecule has 0 radical (unpaired) electrons. The van der Waals surface area contributed by atoms with E-state index in [0.29, 0.717) is 17.4 Å². The van der Waals surface area contributed by atoms with E-state index in [4.69, 9.17) is 21.1 Å². The average molecular weight is 413 g/mol. The fourth-order valence-electron chi connectivity index (χ4n) is 2.71. The van der Waals surface area contributed by atoms with Gasteiger partial charge in [0.25, 0.3) is 0 Å². The van der Waals surface area contributed by atoms with Crippen molar-refractivity contribution in [1.29, 1.82) is 0 Å². The first-order valence-corrected chi connectivity index (χ1v) is 10.0. The van der Waals surface area contributed by atoms with Gasteiger partial charge in [-0.15, -0.1) is 11.3 Å². The first-order chi connectivity index (χ1) is 13.5. The lowest BCUT2D eigenvalue weighted by molar-refractivity contribution is 0.105. The molecule has 0 amide bonds. The first kappa shape index (κ1) is 20.2. The van der Waals surface area contributed by atoms with Gasteiger partial charge in [0, 0.05) is 10.4 Å². The normalized spacial score (nSPS) is 11.0. The van der Waals surface area contributed by atoms with Crippen LogP contribution >= 0.6 is 22.9 Å². The van der Waals surface area contributed by atoms with Crippen LogP contribution in [0.15, 0.2) is 54.6 Å². The number of hydrogen-bond acceptors (Lipinski definition) is 4. The van der Waals surface area contributed by atoms with E-state index >= 15 is 0 Å². The summed E-state index contributed by atoms with van der Waals surface area (Å²) in [5.74, 6) is 1.34. The molecule has 3 aromatic rings. The molecule has 1 heterocycles. The summed E-state index contributed by atoms with van der Waals surface area (Å²) < 4.78 is 11.3. The predicted octanol–water partition coefficient (Wildman–Crippen LogP) is 6.50. The Morgan fingerprint density at radius 3 is 2.54 bits per heavy atom. The standard InChI is InChI=1S/C23H21ClO3S/c1-15-4-9-22(19(24)12-15)27-14-18-13-17(7-10-21(18)26-3)6-8-20(25)23-11-5-16(2)28-23/h4-13H,14H2,1-3H3/b8-6+. The van der Waals surface area contributed by atoms with Crippen LogP contribution in [-0.2, 0) is 6.61 Å². The number of thiophene rings is 1. The van der Waals surface area contributed by atoms with E-state index in [1.807, 2.05) is 62.4 Å². The smallest absolute Gasteiger partial charge is 0.195 e. The Labute approximate surface area is 174 Å². The first-order valence-electron chi connectivity index (χ1n) is 8.81. The number of benzene rings is 2. The molecular weight excluding hydrogens is 392 g/mol. The van der Waals surface area contributed by atoms with Crippen molar-refractivity contribution in [3.8, 4) is 11.5 Å². The molecule has 0 N–H and O–H groups in total. The maximum Gasteiger partial charge on any atom is 0.195 e. The topological polar surface area (TPSA) is 35.5 Å². The van der Waals surface area contributed by atoms with Crippen LogP contribution in [0, 0.1) is 13.8 Å². The number of allylic oxidation sites excluding steroid dienone is 1. The van der Waals surface area contributed by atoms with Crippen LogP contribution in [0.3, 0.4) is 0 Å². The molecule has 0 aliphatic heterocycles. The third kappa shape index (κ3) is 5.03. The molecule has 0 aliphatic carbocycles. The molecule has 1 aromatic heterocycles. The second-order valence-electron chi connectivity index (χ2n) is 6.40. The number of methoxy groups -OCH3 is 1. The molecule has 0 atom stereocenters. The Balaban J connectivity index is 1.75. The molecule has 0 fully saturated rings. The van der Waals surface area contributed by atoms with Crippen LogP contribution in [0.2, 0.25) is 5.02 Å². The van der Waals surface area contributed by atoms with Gasteiger partial charge in [-0.2, -0.15) is 0 Å². The highest BCUT2D eigenvalue weighted by molar-refractivity contribution is 7.14. The van der Waals surface area contributed by atoms with E-state index in [0.717, 1.165) is 32.2 Å². The Morgan fingerprint density at radius 2 is 1.86 bits per heavy atom. The average Bonchev–Trinajstić information content (AvgIpc) is 3.12. The molecule has 0 saturated heterocycles. The van der Waals surface area contributed by atoms with Gasteiger partial charge in [0.2, 0.25) is 0 Å². The molecule has 0 bridgehead atoms. The molecule has 3 rings (SSSR count). The highest BCUT2D eigenvalue weighted by Crippen LogP contribution is 2.28. The maximum atomic E-state index is 12.3. The van der Waals surface area contributed by atoms with Crippen molar-refractivity contribution in [3.63, 3.8) is 0 Å². The summed E-state index contributed by atoms with van der Waals surface area (Å²) in [7, 11) is 1.62. The van der Waals surface area contributed by atoms with Gasteiger partial charge in [-0.25, -0.2) is 0 Å². The summed E-state index contributed by atoms with van der Waals surface area (Å²) in [4.78, 5) is 14.1. The van der Waals surface area contributed by atoms with Gasteiger partial charge in [-0.1, -0.05) is 29.8 Å². The Hall–Kier alpha value is -2.56. The fourth-order valence-corrected chi connectivity index (χ4v) is 3.79. The number of hydrogen-bond donors (Lipinski definition) is 0. The quantitative estimate of drug-likeness (QED) is 0.328. The largest absolute Gasteiger partial charge is 0.496 e. The van der Waals surface area contributed by atoms with Crippen molar-refractivity contribution >= 4 is 34.8 Å². The van der Waals surface area contributed by atoms with Crippen LogP contribution in [0.4, 0.5) is 0 Å². The molecule has 0 saturated carbocycles. The summed E-state index contributed by atoms with van der Waals surface area (Å²) in [6, 6.07) is 15.2. The number of ether oxygens (including phenoxy) is 2. The van der Waals surface area contributed by atoms with Crippen LogP contribution in [0.25, 0.3) is 6.08 Å². The fraction of sp³-hybridized carbons (Fsp3) is 0.174. The van der Waals surface area contributed by atoms with Gasteiger partial charge >= 0.3 is 0 Å². The SMILES string of the molecule is COc1ccc(/C=C/C(=O)c2ccc(C)s2)cc1COc1ccc(C)cc1Cl. The van der Waals surface area contributed by atoms with Gasteiger partial charge in [0.05, 0.1) is 17.0 Å². The molecule has 28 heavy (non-hydrogen) atoms. The lowest BCUT2D eigenvalue weighted by Gasteiger charge is -2.12. The van der Waals surface area contributed by atoms with Crippen molar-refractivity contribution in [2.45, 2.75) is 20.5 Å². The monoisotopic (exact) mass is 412 g/mol. The second-order valence-corrected chi connectivity index (χ2v) is 8.10. The molecule has 5 heteroatoms. The van der Waals surface area contributed by atoms with Crippen molar-refractivity contribution in [1.82, 2.24) is 0 Å². The summed E-state index contributed by atoms with van der Waals surface area (Å²) in [6.45, 7) is 4.28. The molecule has 0 aliphatic rings. The van der Waals surface area contributed by atoms with Crippen LogP contribution in [0.5, 0.6) is 11.5 Å². The molecule has 3 nitrogen and oxygen atoms in total. The van der Waals surface area contributed by atoms with E-state index in [1.165, 1.54) is 11.3 Å². The van der Waals surface area contributed by atoms with Crippen molar-refractivity contribution in [2.24, 2.45) is 0 Å². The van der Waals surface area contributed by atoms with Gasteiger partial charge in [-0.05, 0) is 67.4 Å². The molecule has 0 unspecified atom stereocenters. The highest BCUT2D eigenvalue weighted by Gasteiger charge is 2.08. The van der Waals surface area contributed by atoms with Crippen LogP contribution in [-0.4, -0.2) is 12.9 Å².